The summed E-state index contributed by atoms with van der Waals surface area (Å²) in [5, 5.41) is 3.15. The average Bonchev–Trinajstić information content (AvgIpc) is 3.10. The average molecular weight is 375 g/mol. The number of carbonyl (C=O) groups excluding carboxylic acids is 1. The summed E-state index contributed by atoms with van der Waals surface area (Å²) >= 11 is 0. The predicted octanol–water partition coefficient (Wildman–Crippen LogP) is 2.77. The number of aromatic nitrogens is 1. The van der Waals surface area contributed by atoms with E-state index in [1.807, 2.05) is 12.1 Å². The van der Waals surface area contributed by atoms with Crippen molar-refractivity contribution in [1.29, 1.82) is 0 Å². The first-order valence-electron chi connectivity index (χ1n) is 8.50. The number of hydrogen-bond acceptors (Lipinski definition) is 4. The molecule has 2 aliphatic rings. The molecule has 1 saturated carbocycles. The molecule has 3 N–H and O–H groups in total. The van der Waals surface area contributed by atoms with Gasteiger partial charge in [-0.15, -0.1) is 24.8 Å². The molecular formula is C17H28Cl2N4O. The third kappa shape index (κ3) is 4.98. The second-order valence-electron chi connectivity index (χ2n) is 6.46. The van der Waals surface area contributed by atoms with Gasteiger partial charge in [-0.3, -0.25) is 4.79 Å². The molecule has 1 aromatic heterocycles. The van der Waals surface area contributed by atoms with Gasteiger partial charge >= 0.3 is 0 Å². The van der Waals surface area contributed by atoms with Gasteiger partial charge in [0.2, 0.25) is 0 Å². The molecule has 1 aromatic rings. The Kier molecular flexibility index (Phi) is 8.81. The van der Waals surface area contributed by atoms with Crippen LogP contribution in [0.4, 0.5) is 5.82 Å². The van der Waals surface area contributed by atoms with E-state index in [0.29, 0.717) is 18.0 Å². The van der Waals surface area contributed by atoms with Crippen LogP contribution in [-0.4, -0.2) is 36.6 Å². The Morgan fingerprint density at radius 2 is 1.88 bits per heavy atom. The fraction of sp³-hybridized carbons (Fsp3) is 0.647. The van der Waals surface area contributed by atoms with Gasteiger partial charge in [0.25, 0.3) is 5.91 Å². The number of halogens is 2. The quantitative estimate of drug-likeness (QED) is 0.849. The van der Waals surface area contributed by atoms with Crippen LogP contribution in [0.15, 0.2) is 18.3 Å². The van der Waals surface area contributed by atoms with Crippen LogP contribution < -0.4 is 16.0 Å². The van der Waals surface area contributed by atoms with E-state index in [-0.39, 0.29) is 36.8 Å². The molecule has 24 heavy (non-hydrogen) atoms. The maximum atomic E-state index is 12.4. The van der Waals surface area contributed by atoms with Gasteiger partial charge < -0.3 is 16.0 Å². The van der Waals surface area contributed by atoms with Crippen molar-refractivity contribution in [2.45, 2.75) is 44.6 Å². The molecule has 2 fully saturated rings. The molecule has 0 spiro atoms. The van der Waals surface area contributed by atoms with Crippen molar-refractivity contribution < 1.29 is 4.79 Å². The fourth-order valence-corrected chi connectivity index (χ4v) is 3.59. The first kappa shape index (κ1) is 21.0. The number of amides is 1. The van der Waals surface area contributed by atoms with Gasteiger partial charge in [0.05, 0.1) is 5.56 Å². The molecular weight excluding hydrogens is 347 g/mol. The van der Waals surface area contributed by atoms with Crippen LogP contribution in [-0.2, 0) is 0 Å². The summed E-state index contributed by atoms with van der Waals surface area (Å²) < 4.78 is 0. The standard InChI is InChI=1S/C17H26N4O.2ClH/c18-11-13-5-1-2-6-15(13)20-17(22)14-7-8-16(19-12-14)21-9-3-4-10-21;;/h7-8,12-13,15H,1-6,9-11,18H2,(H,20,22);2*1H. The number of nitrogens with two attached hydrogens (primary N) is 1. The van der Waals surface area contributed by atoms with Gasteiger partial charge in [0.1, 0.15) is 5.82 Å². The van der Waals surface area contributed by atoms with E-state index < -0.39 is 0 Å². The van der Waals surface area contributed by atoms with Crippen molar-refractivity contribution >= 4 is 36.5 Å². The zero-order valence-electron chi connectivity index (χ0n) is 13.9. The largest absolute Gasteiger partial charge is 0.357 e. The van der Waals surface area contributed by atoms with Crippen LogP contribution in [0.1, 0.15) is 48.9 Å². The zero-order valence-corrected chi connectivity index (χ0v) is 15.6. The Labute approximate surface area is 156 Å². The van der Waals surface area contributed by atoms with Gasteiger partial charge in [-0.1, -0.05) is 12.8 Å². The highest BCUT2D eigenvalue weighted by atomic mass is 35.5. The van der Waals surface area contributed by atoms with Crippen molar-refractivity contribution in [3.8, 4) is 0 Å². The Bertz CT molecular complexity index is 506. The van der Waals surface area contributed by atoms with E-state index in [9.17, 15) is 4.79 Å². The van der Waals surface area contributed by atoms with E-state index >= 15 is 0 Å². The molecule has 2 atom stereocenters. The molecule has 2 heterocycles. The summed E-state index contributed by atoms with van der Waals surface area (Å²) in [5.41, 5.74) is 6.47. The first-order chi connectivity index (χ1) is 10.8. The van der Waals surface area contributed by atoms with Crippen LogP contribution >= 0.6 is 24.8 Å². The lowest BCUT2D eigenvalue weighted by Crippen LogP contribution is -2.44. The Morgan fingerprint density at radius 3 is 2.50 bits per heavy atom. The van der Waals surface area contributed by atoms with Gasteiger partial charge in [-0.25, -0.2) is 4.98 Å². The molecule has 5 nitrogen and oxygen atoms in total. The topological polar surface area (TPSA) is 71.2 Å². The summed E-state index contributed by atoms with van der Waals surface area (Å²) in [6, 6.07) is 4.06. The number of carbonyl (C=O) groups is 1. The summed E-state index contributed by atoms with van der Waals surface area (Å²) in [6.45, 7) is 2.79. The number of nitrogens with one attached hydrogen (secondary N) is 1. The molecule has 136 valence electrons. The number of hydrogen-bond donors (Lipinski definition) is 2. The minimum Gasteiger partial charge on any atom is -0.357 e. The molecule has 1 amide bonds. The highest BCUT2D eigenvalue weighted by Crippen LogP contribution is 2.24. The smallest absolute Gasteiger partial charge is 0.253 e. The summed E-state index contributed by atoms with van der Waals surface area (Å²) in [5.74, 6) is 1.37. The molecule has 3 rings (SSSR count). The van der Waals surface area contributed by atoms with Crippen molar-refractivity contribution in [3.63, 3.8) is 0 Å². The van der Waals surface area contributed by atoms with Crippen LogP contribution in [0.5, 0.6) is 0 Å². The minimum absolute atomic E-state index is 0. The van der Waals surface area contributed by atoms with E-state index in [4.69, 9.17) is 5.73 Å². The van der Waals surface area contributed by atoms with E-state index in [1.54, 1.807) is 6.20 Å². The molecule has 1 aliphatic heterocycles. The highest BCUT2D eigenvalue weighted by Gasteiger charge is 2.25. The van der Waals surface area contributed by atoms with Crippen molar-refractivity contribution in [2.75, 3.05) is 24.5 Å². The molecule has 0 aromatic carbocycles. The molecule has 7 heteroatoms. The molecule has 0 radical (unpaired) electrons. The van der Waals surface area contributed by atoms with Gasteiger partial charge in [-0.05, 0) is 50.3 Å². The zero-order chi connectivity index (χ0) is 15.4. The third-order valence-corrected chi connectivity index (χ3v) is 4.97. The van der Waals surface area contributed by atoms with Crippen LogP contribution in [0.25, 0.3) is 0 Å². The maximum Gasteiger partial charge on any atom is 0.253 e. The number of rotatable bonds is 4. The van der Waals surface area contributed by atoms with Crippen LogP contribution in [0, 0.1) is 5.92 Å². The monoisotopic (exact) mass is 374 g/mol. The lowest BCUT2D eigenvalue weighted by Gasteiger charge is -2.31. The van der Waals surface area contributed by atoms with Crippen molar-refractivity contribution in [3.05, 3.63) is 23.9 Å². The Balaban J connectivity index is 0.00000144. The predicted molar refractivity (Wildman–Crippen MR) is 102 cm³/mol. The lowest BCUT2D eigenvalue weighted by molar-refractivity contribution is 0.0907. The third-order valence-electron chi connectivity index (χ3n) is 4.97. The van der Waals surface area contributed by atoms with Crippen molar-refractivity contribution in [2.24, 2.45) is 11.7 Å². The number of pyridine rings is 1. The highest BCUT2D eigenvalue weighted by molar-refractivity contribution is 5.94. The first-order valence-corrected chi connectivity index (χ1v) is 8.50. The lowest BCUT2D eigenvalue weighted by atomic mass is 9.84. The molecule has 1 saturated heterocycles. The van der Waals surface area contributed by atoms with Crippen LogP contribution in [0.2, 0.25) is 0 Å². The second kappa shape index (κ2) is 10.1. The Morgan fingerprint density at radius 1 is 1.17 bits per heavy atom. The minimum atomic E-state index is -0.0224. The second-order valence-corrected chi connectivity index (χ2v) is 6.46. The number of anilines is 1. The van der Waals surface area contributed by atoms with Crippen LogP contribution in [0.3, 0.4) is 0 Å². The van der Waals surface area contributed by atoms with Gasteiger partial charge in [0, 0.05) is 25.3 Å². The van der Waals surface area contributed by atoms with Gasteiger partial charge in [-0.2, -0.15) is 0 Å². The van der Waals surface area contributed by atoms with Gasteiger partial charge in [0.15, 0.2) is 0 Å². The summed E-state index contributed by atoms with van der Waals surface area (Å²) in [7, 11) is 0. The van der Waals surface area contributed by atoms with E-state index in [2.05, 4.69) is 15.2 Å². The number of nitrogens with zero attached hydrogens (tertiary/aromatic N) is 2. The van der Waals surface area contributed by atoms with E-state index in [0.717, 1.165) is 31.7 Å². The summed E-state index contributed by atoms with van der Waals surface area (Å²) in [6.07, 6.45) is 8.70. The SMILES string of the molecule is Cl.Cl.NCC1CCCCC1NC(=O)c1ccc(N2CCCC2)nc1. The summed E-state index contributed by atoms with van der Waals surface area (Å²) in [4.78, 5) is 19.1. The van der Waals surface area contributed by atoms with Crippen molar-refractivity contribution in [1.82, 2.24) is 10.3 Å². The molecule has 0 bridgehead atoms. The molecule has 2 unspecified atom stereocenters. The Hall–Kier alpha value is -1.04. The maximum absolute atomic E-state index is 12.4. The normalized spacial score (nSPS) is 23.1. The fourth-order valence-electron chi connectivity index (χ4n) is 3.59. The molecule has 1 aliphatic carbocycles. The van der Waals surface area contributed by atoms with E-state index in [1.165, 1.54) is 25.7 Å².